The minimum absolute atomic E-state index is 0.00794. The molecule has 2 fully saturated rings. The number of piperazine rings is 1. The molecule has 0 atom stereocenters. The van der Waals surface area contributed by atoms with E-state index in [1.807, 2.05) is 4.90 Å². The van der Waals surface area contributed by atoms with E-state index < -0.39 is 14.9 Å². The van der Waals surface area contributed by atoms with Crippen LogP contribution in [0.4, 0.5) is 11.4 Å². The molecule has 162 valence electrons. The SMILES string of the molecule is COCCN1CCN(c2ccc(S(=O)(=O)N3CCCCCC3)cc2[N+](=O)[O-])CC1. The number of nitrogens with zero attached hydrogens (tertiary/aromatic N) is 4. The molecular formula is C19H30N4O5S. The second kappa shape index (κ2) is 9.84. The van der Waals surface area contributed by atoms with Crippen LogP contribution >= 0.6 is 0 Å². The van der Waals surface area contributed by atoms with Crippen molar-refractivity contribution >= 4 is 21.4 Å². The van der Waals surface area contributed by atoms with E-state index in [0.717, 1.165) is 45.3 Å². The van der Waals surface area contributed by atoms with Crippen LogP contribution in [0.2, 0.25) is 0 Å². The number of ether oxygens (including phenoxy) is 1. The summed E-state index contributed by atoms with van der Waals surface area (Å²) in [6, 6.07) is 4.33. The number of nitro groups is 1. The van der Waals surface area contributed by atoms with Crippen molar-refractivity contribution < 1.29 is 18.1 Å². The summed E-state index contributed by atoms with van der Waals surface area (Å²) in [5.41, 5.74) is 0.336. The van der Waals surface area contributed by atoms with Gasteiger partial charge < -0.3 is 9.64 Å². The van der Waals surface area contributed by atoms with Gasteiger partial charge in [0, 0.05) is 59.0 Å². The summed E-state index contributed by atoms with van der Waals surface area (Å²) in [6.07, 6.45) is 3.68. The standard InChI is InChI=1S/C19H30N4O5S/c1-28-15-14-20-10-12-21(13-11-20)18-7-6-17(16-19(18)23(24)25)29(26,27)22-8-4-2-3-5-9-22/h6-7,16H,2-5,8-15H2,1H3. The molecule has 1 aromatic rings. The Kier molecular flexibility index (Phi) is 7.44. The van der Waals surface area contributed by atoms with Crippen LogP contribution in [0.3, 0.4) is 0 Å². The van der Waals surface area contributed by atoms with Crippen LogP contribution in [-0.4, -0.2) is 82.1 Å². The van der Waals surface area contributed by atoms with E-state index in [1.165, 1.54) is 16.4 Å². The minimum Gasteiger partial charge on any atom is -0.383 e. The average Bonchev–Trinajstić information content (AvgIpc) is 3.02. The second-order valence-corrected chi connectivity index (χ2v) is 9.49. The van der Waals surface area contributed by atoms with Crippen molar-refractivity contribution in [1.29, 1.82) is 0 Å². The van der Waals surface area contributed by atoms with Gasteiger partial charge in [0.1, 0.15) is 5.69 Å². The first-order valence-corrected chi connectivity index (χ1v) is 11.6. The van der Waals surface area contributed by atoms with Crippen LogP contribution in [-0.2, 0) is 14.8 Å². The molecule has 0 aliphatic carbocycles. The molecule has 0 unspecified atom stereocenters. The summed E-state index contributed by atoms with van der Waals surface area (Å²) in [6.45, 7) is 5.32. The van der Waals surface area contributed by atoms with Gasteiger partial charge >= 0.3 is 0 Å². The van der Waals surface area contributed by atoms with Gasteiger partial charge in [-0.05, 0) is 25.0 Å². The van der Waals surface area contributed by atoms with Crippen molar-refractivity contribution in [3.8, 4) is 0 Å². The summed E-state index contributed by atoms with van der Waals surface area (Å²) in [5.74, 6) is 0. The normalized spacial score (nSPS) is 19.8. The Morgan fingerprint density at radius 3 is 2.28 bits per heavy atom. The van der Waals surface area contributed by atoms with Gasteiger partial charge in [0.25, 0.3) is 5.69 Å². The fraction of sp³-hybridized carbons (Fsp3) is 0.684. The fourth-order valence-electron chi connectivity index (χ4n) is 3.94. The Balaban J connectivity index is 1.80. The smallest absolute Gasteiger partial charge is 0.293 e. The van der Waals surface area contributed by atoms with Crippen LogP contribution in [0, 0.1) is 10.1 Å². The van der Waals surface area contributed by atoms with Gasteiger partial charge in [-0.3, -0.25) is 15.0 Å². The van der Waals surface area contributed by atoms with Gasteiger partial charge in [0.15, 0.2) is 0 Å². The van der Waals surface area contributed by atoms with Gasteiger partial charge in [-0.15, -0.1) is 0 Å². The topological polar surface area (TPSA) is 96.2 Å². The zero-order valence-corrected chi connectivity index (χ0v) is 17.8. The summed E-state index contributed by atoms with van der Waals surface area (Å²) < 4.78 is 32.6. The molecule has 0 bridgehead atoms. The molecule has 10 heteroatoms. The van der Waals surface area contributed by atoms with Crippen LogP contribution < -0.4 is 4.90 Å². The van der Waals surface area contributed by atoms with Crippen molar-refractivity contribution in [3.63, 3.8) is 0 Å². The molecular weight excluding hydrogens is 396 g/mol. The van der Waals surface area contributed by atoms with Gasteiger partial charge in [0.2, 0.25) is 10.0 Å². The predicted octanol–water partition coefficient (Wildman–Crippen LogP) is 1.93. The Morgan fingerprint density at radius 1 is 1.03 bits per heavy atom. The van der Waals surface area contributed by atoms with Crippen LogP contribution in [0.15, 0.2) is 23.1 Å². The van der Waals surface area contributed by atoms with Crippen LogP contribution in [0.1, 0.15) is 25.7 Å². The van der Waals surface area contributed by atoms with E-state index in [4.69, 9.17) is 4.74 Å². The molecule has 0 radical (unpaired) electrons. The highest BCUT2D eigenvalue weighted by Crippen LogP contribution is 2.33. The molecule has 0 spiro atoms. The van der Waals surface area contributed by atoms with Crippen molar-refractivity contribution in [1.82, 2.24) is 9.21 Å². The van der Waals surface area contributed by atoms with E-state index >= 15 is 0 Å². The largest absolute Gasteiger partial charge is 0.383 e. The second-order valence-electron chi connectivity index (χ2n) is 7.55. The van der Waals surface area contributed by atoms with E-state index in [9.17, 15) is 18.5 Å². The maximum Gasteiger partial charge on any atom is 0.293 e. The number of sulfonamides is 1. The van der Waals surface area contributed by atoms with Gasteiger partial charge in [-0.2, -0.15) is 4.31 Å². The number of benzene rings is 1. The minimum atomic E-state index is -3.72. The summed E-state index contributed by atoms with van der Waals surface area (Å²) >= 11 is 0. The molecule has 9 nitrogen and oxygen atoms in total. The molecule has 0 aromatic heterocycles. The zero-order valence-electron chi connectivity index (χ0n) is 17.0. The van der Waals surface area contributed by atoms with E-state index in [-0.39, 0.29) is 10.6 Å². The van der Waals surface area contributed by atoms with E-state index in [1.54, 1.807) is 13.2 Å². The van der Waals surface area contributed by atoms with Gasteiger partial charge in [-0.1, -0.05) is 12.8 Å². The zero-order chi connectivity index (χ0) is 20.9. The van der Waals surface area contributed by atoms with Crippen LogP contribution in [0.5, 0.6) is 0 Å². The maximum absolute atomic E-state index is 13.0. The van der Waals surface area contributed by atoms with Crippen molar-refractivity contribution in [2.24, 2.45) is 0 Å². The van der Waals surface area contributed by atoms with Crippen molar-refractivity contribution in [2.75, 3.05) is 64.4 Å². The number of anilines is 1. The molecule has 29 heavy (non-hydrogen) atoms. The molecule has 2 heterocycles. The molecule has 0 amide bonds. The molecule has 2 aliphatic heterocycles. The third kappa shape index (κ3) is 5.25. The van der Waals surface area contributed by atoms with E-state index in [0.29, 0.717) is 38.5 Å². The number of rotatable bonds is 7. The third-order valence-electron chi connectivity index (χ3n) is 5.67. The first-order valence-electron chi connectivity index (χ1n) is 10.2. The number of hydrogen-bond donors (Lipinski definition) is 0. The highest BCUT2D eigenvalue weighted by Gasteiger charge is 2.30. The Hall–Kier alpha value is -1.75. The van der Waals surface area contributed by atoms with Crippen molar-refractivity contribution in [3.05, 3.63) is 28.3 Å². The molecule has 2 saturated heterocycles. The lowest BCUT2D eigenvalue weighted by molar-refractivity contribution is -0.384. The number of methoxy groups -OCH3 is 1. The Morgan fingerprint density at radius 2 is 1.69 bits per heavy atom. The van der Waals surface area contributed by atoms with Crippen molar-refractivity contribution in [2.45, 2.75) is 30.6 Å². The maximum atomic E-state index is 13.0. The highest BCUT2D eigenvalue weighted by atomic mass is 32.2. The Bertz CT molecular complexity index is 801. The van der Waals surface area contributed by atoms with Gasteiger partial charge in [-0.25, -0.2) is 8.42 Å². The summed E-state index contributed by atoms with van der Waals surface area (Å²) in [7, 11) is -2.05. The quantitative estimate of drug-likeness (QED) is 0.485. The predicted molar refractivity (Wildman–Crippen MR) is 111 cm³/mol. The Labute approximate surface area is 172 Å². The van der Waals surface area contributed by atoms with Crippen LogP contribution in [0.25, 0.3) is 0 Å². The lowest BCUT2D eigenvalue weighted by Crippen LogP contribution is -2.47. The molecule has 3 rings (SSSR count). The number of nitro benzene ring substituents is 1. The number of hydrogen-bond acceptors (Lipinski definition) is 7. The molecule has 2 aliphatic rings. The fourth-order valence-corrected chi connectivity index (χ4v) is 5.48. The molecule has 0 N–H and O–H groups in total. The first-order chi connectivity index (χ1) is 13.9. The molecule has 0 saturated carbocycles. The van der Waals surface area contributed by atoms with Gasteiger partial charge in [0.05, 0.1) is 16.4 Å². The highest BCUT2D eigenvalue weighted by molar-refractivity contribution is 7.89. The molecule has 1 aromatic carbocycles. The lowest BCUT2D eigenvalue weighted by Gasteiger charge is -2.35. The first kappa shape index (κ1) is 21.9. The third-order valence-corrected chi connectivity index (χ3v) is 7.57. The summed E-state index contributed by atoms with van der Waals surface area (Å²) in [4.78, 5) is 15.5. The lowest BCUT2D eigenvalue weighted by atomic mass is 10.2. The average molecular weight is 427 g/mol. The van der Waals surface area contributed by atoms with E-state index in [2.05, 4.69) is 4.90 Å². The summed E-state index contributed by atoms with van der Waals surface area (Å²) in [5, 5.41) is 11.7. The monoisotopic (exact) mass is 426 g/mol.